The lowest BCUT2D eigenvalue weighted by Gasteiger charge is -2.37. The number of hydrogen-bond donors (Lipinski definition) is 2. The number of carbonyl (C=O) groups excluding carboxylic acids is 2. The highest BCUT2D eigenvalue weighted by Gasteiger charge is 2.51. The van der Waals surface area contributed by atoms with Crippen molar-refractivity contribution in [3.8, 4) is 0 Å². The maximum absolute atomic E-state index is 12.5. The van der Waals surface area contributed by atoms with Crippen LogP contribution in [-0.2, 0) is 16.1 Å². The molecule has 1 aliphatic carbocycles. The van der Waals surface area contributed by atoms with Gasteiger partial charge >= 0.3 is 6.09 Å². The van der Waals surface area contributed by atoms with E-state index < -0.39 is 12.1 Å². The van der Waals surface area contributed by atoms with Crippen molar-refractivity contribution in [2.45, 2.75) is 44.4 Å². The quantitative estimate of drug-likeness (QED) is 0.740. The molecule has 2 atom stereocenters. The standard InChI is InChI=1S/C21H31N3O4/c1-23(2)19(26)17(22-20(27)28-15-16-6-4-3-5-7-16)8-12-24-13-11-21(9-10-21)18(25)14-24/h3-7,17-18,25H,8-15H2,1-2H3,(H,22,27)/t17-,18+/m0/s1. The Morgan fingerprint density at radius 3 is 2.61 bits per heavy atom. The molecule has 1 aromatic rings. The van der Waals surface area contributed by atoms with E-state index >= 15 is 0 Å². The number of nitrogens with one attached hydrogen (secondary N) is 1. The van der Waals surface area contributed by atoms with Crippen molar-refractivity contribution in [2.24, 2.45) is 5.41 Å². The van der Waals surface area contributed by atoms with Crippen LogP contribution in [0, 0.1) is 5.41 Å². The Balaban J connectivity index is 1.49. The normalized spacial score (nSPS) is 21.8. The van der Waals surface area contributed by atoms with Crippen LogP contribution in [0.1, 0.15) is 31.2 Å². The van der Waals surface area contributed by atoms with E-state index in [1.807, 2.05) is 30.3 Å². The summed E-state index contributed by atoms with van der Waals surface area (Å²) in [6.07, 6.45) is 2.86. The van der Waals surface area contributed by atoms with Crippen molar-refractivity contribution in [1.82, 2.24) is 15.1 Å². The van der Waals surface area contributed by atoms with Crippen molar-refractivity contribution >= 4 is 12.0 Å². The summed E-state index contributed by atoms with van der Waals surface area (Å²) in [7, 11) is 3.35. The third-order valence-electron chi connectivity index (χ3n) is 5.93. The first-order valence-electron chi connectivity index (χ1n) is 9.98. The Morgan fingerprint density at radius 1 is 1.29 bits per heavy atom. The molecule has 2 fully saturated rings. The van der Waals surface area contributed by atoms with E-state index in [-0.39, 0.29) is 24.0 Å². The van der Waals surface area contributed by atoms with Gasteiger partial charge in [0.15, 0.2) is 0 Å². The fraction of sp³-hybridized carbons (Fsp3) is 0.619. The van der Waals surface area contributed by atoms with Crippen LogP contribution in [0.4, 0.5) is 4.79 Å². The molecule has 0 radical (unpaired) electrons. The van der Waals surface area contributed by atoms with Crippen molar-refractivity contribution in [1.29, 1.82) is 0 Å². The van der Waals surface area contributed by atoms with E-state index in [1.54, 1.807) is 14.1 Å². The molecule has 1 saturated heterocycles. The van der Waals surface area contributed by atoms with Gasteiger partial charge in [-0.2, -0.15) is 0 Å². The summed E-state index contributed by atoms with van der Waals surface area (Å²) in [5.41, 5.74) is 1.05. The Labute approximate surface area is 166 Å². The minimum absolute atomic E-state index is 0.159. The summed E-state index contributed by atoms with van der Waals surface area (Å²) in [6, 6.07) is 8.78. The molecule has 28 heavy (non-hydrogen) atoms. The van der Waals surface area contributed by atoms with E-state index in [0.29, 0.717) is 19.5 Å². The Kier molecular flexibility index (Phi) is 6.57. The smallest absolute Gasteiger partial charge is 0.408 e. The van der Waals surface area contributed by atoms with Gasteiger partial charge in [0.05, 0.1) is 6.10 Å². The molecule has 0 unspecified atom stereocenters. The third kappa shape index (κ3) is 5.23. The molecule has 1 aliphatic heterocycles. The number of benzene rings is 1. The van der Waals surface area contributed by atoms with Crippen molar-refractivity contribution in [2.75, 3.05) is 33.7 Å². The van der Waals surface area contributed by atoms with E-state index in [0.717, 1.165) is 31.4 Å². The van der Waals surface area contributed by atoms with Gasteiger partial charge in [0.2, 0.25) is 5.91 Å². The zero-order valence-electron chi connectivity index (χ0n) is 16.8. The molecule has 1 heterocycles. The lowest BCUT2D eigenvalue weighted by atomic mass is 9.90. The van der Waals surface area contributed by atoms with Gasteiger partial charge in [-0.1, -0.05) is 30.3 Å². The molecule has 1 aromatic carbocycles. The Bertz CT molecular complexity index is 675. The van der Waals surface area contributed by atoms with Gasteiger partial charge in [-0.3, -0.25) is 4.79 Å². The summed E-state index contributed by atoms with van der Waals surface area (Å²) >= 11 is 0. The van der Waals surface area contributed by atoms with Crippen molar-refractivity contribution < 1.29 is 19.4 Å². The number of ether oxygens (including phenoxy) is 1. The summed E-state index contributed by atoms with van der Waals surface area (Å²) in [5, 5.41) is 13.1. The minimum Gasteiger partial charge on any atom is -0.445 e. The summed E-state index contributed by atoms with van der Waals surface area (Å²) in [5.74, 6) is -0.159. The fourth-order valence-corrected chi connectivity index (χ4v) is 3.81. The maximum Gasteiger partial charge on any atom is 0.408 e. The second-order valence-electron chi connectivity index (χ2n) is 8.21. The minimum atomic E-state index is -0.646. The number of alkyl carbamates (subject to hydrolysis) is 1. The van der Waals surface area contributed by atoms with Crippen LogP contribution in [0.25, 0.3) is 0 Å². The van der Waals surface area contributed by atoms with Crippen LogP contribution in [0.2, 0.25) is 0 Å². The first-order chi connectivity index (χ1) is 13.4. The number of carbonyl (C=O) groups is 2. The highest BCUT2D eigenvalue weighted by Crippen LogP contribution is 2.53. The number of likely N-dealkylation sites (tertiary alicyclic amines) is 1. The summed E-state index contributed by atoms with van der Waals surface area (Å²) in [6.45, 7) is 2.38. The lowest BCUT2D eigenvalue weighted by molar-refractivity contribution is -0.131. The zero-order chi connectivity index (χ0) is 20.1. The first-order valence-corrected chi connectivity index (χ1v) is 9.98. The molecule has 7 heteroatoms. The number of nitrogens with zero attached hydrogens (tertiary/aromatic N) is 2. The van der Waals surface area contributed by atoms with Gasteiger partial charge in [-0.15, -0.1) is 0 Å². The van der Waals surface area contributed by atoms with E-state index in [9.17, 15) is 14.7 Å². The Morgan fingerprint density at radius 2 is 2.00 bits per heavy atom. The second kappa shape index (κ2) is 8.92. The molecule has 3 rings (SSSR count). The molecule has 1 spiro atoms. The molecular weight excluding hydrogens is 358 g/mol. The topological polar surface area (TPSA) is 82.1 Å². The highest BCUT2D eigenvalue weighted by atomic mass is 16.5. The van der Waals surface area contributed by atoms with Crippen LogP contribution in [0.3, 0.4) is 0 Å². The lowest BCUT2D eigenvalue weighted by Crippen LogP contribution is -2.50. The van der Waals surface area contributed by atoms with Gasteiger partial charge < -0.3 is 25.0 Å². The first kappa shape index (κ1) is 20.6. The number of piperidine rings is 1. The number of β-amino-alcohol motifs (C(OH)–C–C–N with tert-alkyl or cyclic N) is 1. The molecule has 7 nitrogen and oxygen atoms in total. The average Bonchev–Trinajstić information content (AvgIpc) is 3.47. The predicted octanol–water partition coefficient (Wildman–Crippen LogP) is 1.61. The number of rotatable bonds is 7. The van der Waals surface area contributed by atoms with E-state index in [1.165, 1.54) is 4.90 Å². The second-order valence-corrected chi connectivity index (χ2v) is 8.21. The molecule has 2 amide bonds. The van der Waals surface area contributed by atoms with Crippen LogP contribution in [0.15, 0.2) is 30.3 Å². The predicted molar refractivity (Wildman–Crippen MR) is 106 cm³/mol. The number of aliphatic hydroxyl groups is 1. The molecular formula is C21H31N3O4. The van der Waals surface area contributed by atoms with Gasteiger partial charge in [-0.25, -0.2) is 4.79 Å². The number of amides is 2. The SMILES string of the molecule is CN(C)C(=O)[C@H](CCN1CCC2(CC2)[C@H](O)C1)NC(=O)OCc1ccccc1. The van der Waals surface area contributed by atoms with Crippen LogP contribution < -0.4 is 5.32 Å². The third-order valence-corrected chi connectivity index (χ3v) is 5.93. The molecule has 1 saturated carbocycles. The van der Waals surface area contributed by atoms with Crippen molar-refractivity contribution in [3.05, 3.63) is 35.9 Å². The van der Waals surface area contributed by atoms with Gasteiger partial charge in [0.1, 0.15) is 12.6 Å². The highest BCUT2D eigenvalue weighted by molar-refractivity contribution is 5.85. The van der Waals surface area contributed by atoms with Crippen LogP contribution >= 0.6 is 0 Å². The van der Waals surface area contributed by atoms with Crippen molar-refractivity contribution in [3.63, 3.8) is 0 Å². The monoisotopic (exact) mass is 389 g/mol. The fourth-order valence-electron chi connectivity index (χ4n) is 3.81. The van der Waals surface area contributed by atoms with E-state index in [4.69, 9.17) is 4.74 Å². The van der Waals surface area contributed by atoms with Crippen LogP contribution in [-0.4, -0.2) is 72.8 Å². The van der Waals surface area contributed by atoms with Gasteiger partial charge in [0, 0.05) is 27.2 Å². The number of hydrogen-bond acceptors (Lipinski definition) is 5. The zero-order valence-corrected chi connectivity index (χ0v) is 16.8. The number of aliphatic hydroxyl groups excluding tert-OH is 1. The average molecular weight is 389 g/mol. The largest absolute Gasteiger partial charge is 0.445 e. The molecule has 2 aliphatic rings. The molecule has 0 bridgehead atoms. The molecule has 2 N–H and O–H groups in total. The molecule has 0 aromatic heterocycles. The summed E-state index contributed by atoms with van der Waals surface area (Å²) in [4.78, 5) is 28.3. The Hall–Kier alpha value is -2.12. The number of likely N-dealkylation sites (N-methyl/N-ethyl adjacent to an activating group) is 1. The van der Waals surface area contributed by atoms with E-state index in [2.05, 4.69) is 10.2 Å². The van der Waals surface area contributed by atoms with Crippen LogP contribution in [0.5, 0.6) is 0 Å². The van der Waals surface area contributed by atoms with Gasteiger partial charge in [-0.05, 0) is 43.2 Å². The molecule has 154 valence electrons. The van der Waals surface area contributed by atoms with Gasteiger partial charge in [0.25, 0.3) is 0 Å². The maximum atomic E-state index is 12.5. The summed E-state index contributed by atoms with van der Waals surface area (Å²) < 4.78 is 5.26.